The SMILES string of the molecule is O=[N+]([O-])c1ccc(C=NNCc2ccccc2)cc1. The zero-order chi connectivity index (χ0) is 13.5. The molecule has 0 bridgehead atoms. The number of non-ortho nitro benzene ring substituents is 1. The Balaban J connectivity index is 1.87. The topological polar surface area (TPSA) is 67.5 Å². The van der Waals surface area contributed by atoms with Crippen LogP contribution in [0.4, 0.5) is 5.69 Å². The Bertz CT molecular complexity index is 565. The lowest BCUT2D eigenvalue weighted by Gasteiger charge is -1.99. The van der Waals surface area contributed by atoms with E-state index >= 15 is 0 Å². The predicted octanol–water partition coefficient (Wildman–Crippen LogP) is 2.72. The Hall–Kier alpha value is -2.69. The van der Waals surface area contributed by atoms with Crippen molar-refractivity contribution in [1.82, 2.24) is 5.43 Å². The van der Waals surface area contributed by atoms with Crippen LogP contribution < -0.4 is 5.43 Å². The van der Waals surface area contributed by atoms with E-state index in [1.807, 2.05) is 30.3 Å². The number of nitrogens with zero attached hydrogens (tertiary/aromatic N) is 2. The Morgan fingerprint density at radius 3 is 2.42 bits per heavy atom. The average Bonchev–Trinajstić information content (AvgIpc) is 2.45. The van der Waals surface area contributed by atoms with Crippen LogP contribution in [0, 0.1) is 10.1 Å². The summed E-state index contributed by atoms with van der Waals surface area (Å²) < 4.78 is 0. The molecule has 2 aromatic carbocycles. The molecule has 0 aliphatic rings. The summed E-state index contributed by atoms with van der Waals surface area (Å²) in [5, 5.41) is 14.6. The van der Waals surface area contributed by atoms with Crippen LogP contribution in [-0.2, 0) is 6.54 Å². The third kappa shape index (κ3) is 3.92. The van der Waals surface area contributed by atoms with E-state index in [0.717, 1.165) is 11.1 Å². The summed E-state index contributed by atoms with van der Waals surface area (Å²) in [5.74, 6) is 0. The molecule has 0 radical (unpaired) electrons. The molecule has 0 fully saturated rings. The lowest BCUT2D eigenvalue weighted by molar-refractivity contribution is -0.384. The van der Waals surface area contributed by atoms with Gasteiger partial charge in [-0.1, -0.05) is 30.3 Å². The molecule has 0 amide bonds. The maximum absolute atomic E-state index is 10.5. The van der Waals surface area contributed by atoms with E-state index in [-0.39, 0.29) is 5.69 Å². The van der Waals surface area contributed by atoms with E-state index in [0.29, 0.717) is 6.54 Å². The monoisotopic (exact) mass is 255 g/mol. The predicted molar refractivity (Wildman–Crippen MR) is 74.0 cm³/mol. The molecular formula is C14H13N3O2. The minimum Gasteiger partial charge on any atom is -0.306 e. The van der Waals surface area contributed by atoms with Crippen LogP contribution in [0.5, 0.6) is 0 Å². The fraction of sp³-hybridized carbons (Fsp3) is 0.0714. The summed E-state index contributed by atoms with van der Waals surface area (Å²) in [7, 11) is 0. The van der Waals surface area contributed by atoms with Gasteiger partial charge in [0.05, 0.1) is 17.7 Å². The molecule has 0 spiro atoms. The molecule has 0 saturated heterocycles. The lowest BCUT2D eigenvalue weighted by Crippen LogP contribution is -2.05. The zero-order valence-corrected chi connectivity index (χ0v) is 10.2. The van der Waals surface area contributed by atoms with Crippen molar-refractivity contribution in [3.05, 3.63) is 75.8 Å². The van der Waals surface area contributed by atoms with Crippen LogP contribution in [0.1, 0.15) is 11.1 Å². The fourth-order valence-electron chi connectivity index (χ4n) is 1.54. The molecule has 96 valence electrons. The van der Waals surface area contributed by atoms with Gasteiger partial charge < -0.3 is 5.43 Å². The first-order valence-corrected chi connectivity index (χ1v) is 5.80. The molecule has 2 rings (SSSR count). The summed E-state index contributed by atoms with van der Waals surface area (Å²) >= 11 is 0. The van der Waals surface area contributed by atoms with Gasteiger partial charge in [0.25, 0.3) is 5.69 Å². The van der Waals surface area contributed by atoms with E-state index in [4.69, 9.17) is 0 Å². The molecule has 19 heavy (non-hydrogen) atoms. The Labute approximate surface area is 110 Å². The van der Waals surface area contributed by atoms with Crippen molar-refractivity contribution in [2.45, 2.75) is 6.54 Å². The van der Waals surface area contributed by atoms with E-state index in [2.05, 4.69) is 10.5 Å². The van der Waals surface area contributed by atoms with E-state index < -0.39 is 4.92 Å². The number of rotatable bonds is 5. The van der Waals surface area contributed by atoms with E-state index in [1.54, 1.807) is 18.3 Å². The highest BCUT2D eigenvalue weighted by Crippen LogP contribution is 2.10. The quantitative estimate of drug-likeness (QED) is 0.507. The van der Waals surface area contributed by atoms with Crippen LogP contribution in [0.3, 0.4) is 0 Å². The Morgan fingerprint density at radius 1 is 1.11 bits per heavy atom. The molecule has 0 saturated carbocycles. The Kier molecular flexibility index (Phi) is 4.23. The minimum atomic E-state index is -0.422. The second kappa shape index (κ2) is 6.30. The second-order valence-corrected chi connectivity index (χ2v) is 3.93. The molecule has 0 heterocycles. The van der Waals surface area contributed by atoms with Crippen molar-refractivity contribution < 1.29 is 4.92 Å². The van der Waals surface area contributed by atoms with Crippen molar-refractivity contribution in [1.29, 1.82) is 0 Å². The molecular weight excluding hydrogens is 242 g/mol. The molecule has 5 nitrogen and oxygen atoms in total. The van der Waals surface area contributed by atoms with Gasteiger partial charge in [-0.05, 0) is 23.3 Å². The van der Waals surface area contributed by atoms with Gasteiger partial charge in [0, 0.05) is 12.1 Å². The van der Waals surface area contributed by atoms with Crippen molar-refractivity contribution in [2.24, 2.45) is 5.10 Å². The average molecular weight is 255 g/mol. The van der Waals surface area contributed by atoms with Gasteiger partial charge in [-0.25, -0.2) is 0 Å². The summed E-state index contributed by atoms with van der Waals surface area (Å²) in [6, 6.07) is 16.1. The van der Waals surface area contributed by atoms with Gasteiger partial charge in [0.1, 0.15) is 0 Å². The standard InChI is InChI=1S/C14H13N3O2/c18-17(19)14-8-6-13(7-9-14)11-16-15-10-12-4-2-1-3-5-12/h1-9,11,15H,10H2. The molecule has 2 aromatic rings. The van der Waals surface area contributed by atoms with E-state index in [9.17, 15) is 10.1 Å². The van der Waals surface area contributed by atoms with Crippen molar-refractivity contribution in [2.75, 3.05) is 0 Å². The first-order chi connectivity index (χ1) is 9.25. The Morgan fingerprint density at radius 2 is 1.79 bits per heavy atom. The van der Waals surface area contributed by atoms with Crippen LogP contribution in [0.25, 0.3) is 0 Å². The van der Waals surface area contributed by atoms with Crippen LogP contribution in [-0.4, -0.2) is 11.1 Å². The molecule has 1 N–H and O–H groups in total. The van der Waals surface area contributed by atoms with Crippen LogP contribution >= 0.6 is 0 Å². The number of hydrogen-bond donors (Lipinski definition) is 1. The smallest absolute Gasteiger partial charge is 0.269 e. The maximum Gasteiger partial charge on any atom is 0.269 e. The number of hydrazone groups is 1. The first kappa shape index (κ1) is 12.8. The minimum absolute atomic E-state index is 0.0781. The van der Waals surface area contributed by atoms with Gasteiger partial charge in [-0.15, -0.1) is 0 Å². The molecule has 0 aliphatic heterocycles. The van der Waals surface area contributed by atoms with Crippen molar-refractivity contribution >= 4 is 11.9 Å². The van der Waals surface area contributed by atoms with Gasteiger partial charge in [0.15, 0.2) is 0 Å². The third-order valence-corrected chi connectivity index (χ3v) is 2.53. The lowest BCUT2D eigenvalue weighted by atomic mass is 10.2. The first-order valence-electron chi connectivity index (χ1n) is 5.80. The van der Waals surface area contributed by atoms with Crippen molar-refractivity contribution in [3.8, 4) is 0 Å². The molecule has 0 unspecified atom stereocenters. The maximum atomic E-state index is 10.5. The number of nitro benzene ring substituents is 1. The number of benzene rings is 2. The molecule has 0 aliphatic carbocycles. The molecule has 0 aromatic heterocycles. The number of nitro groups is 1. The molecule has 5 heteroatoms. The van der Waals surface area contributed by atoms with Gasteiger partial charge in [-0.3, -0.25) is 10.1 Å². The highest BCUT2D eigenvalue weighted by molar-refractivity contribution is 5.79. The van der Waals surface area contributed by atoms with Crippen molar-refractivity contribution in [3.63, 3.8) is 0 Å². The van der Waals surface area contributed by atoms with Gasteiger partial charge in [-0.2, -0.15) is 5.10 Å². The summed E-state index contributed by atoms with van der Waals surface area (Å²) in [6.45, 7) is 0.643. The van der Waals surface area contributed by atoms with Crippen LogP contribution in [0.15, 0.2) is 59.7 Å². The highest BCUT2D eigenvalue weighted by atomic mass is 16.6. The molecule has 0 atom stereocenters. The zero-order valence-electron chi connectivity index (χ0n) is 10.2. The number of hydrogen-bond acceptors (Lipinski definition) is 4. The normalized spacial score (nSPS) is 10.5. The highest BCUT2D eigenvalue weighted by Gasteiger charge is 2.02. The summed E-state index contributed by atoms with van der Waals surface area (Å²) in [5.41, 5.74) is 4.95. The number of nitrogens with one attached hydrogen (secondary N) is 1. The summed E-state index contributed by atoms with van der Waals surface area (Å²) in [6.07, 6.45) is 1.63. The van der Waals surface area contributed by atoms with Gasteiger partial charge >= 0.3 is 0 Å². The largest absolute Gasteiger partial charge is 0.306 e. The summed E-state index contributed by atoms with van der Waals surface area (Å²) in [4.78, 5) is 10.1. The van der Waals surface area contributed by atoms with E-state index in [1.165, 1.54) is 12.1 Å². The third-order valence-electron chi connectivity index (χ3n) is 2.53. The van der Waals surface area contributed by atoms with Gasteiger partial charge in [0.2, 0.25) is 0 Å². The fourth-order valence-corrected chi connectivity index (χ4v) is 1.54. The van der Waals surface area contributed by atoms with Crippen LogP contribution in [0.2, 0.25) is 0 Å². The second-order valence-electron chi connectivity index (χ2n) is 3.93.